The van der Waals surface area contributed by atoms with E-state index in [4.69, 9.17) is 4.74 Å². The van der Waals surface area contributed by atoms with Gasteiger partial charge in [0.1, 0.15) is 17.1 Å². The third kappa shape index (κ3) is 4.82. The molecule has 1 fully saturated rings. The van der Waals surface area contributed by atoms with Gasteiger partial charge in [0.05, 0.1) is 0 Å². The number of aromatic nitrogens is 2. The fourth-order valence-electron chi connectivity index (χ4n) is 4.48. The Morgan fingerprint density at radius 3 is 2.65 bits per heavy atom. The van der Waals surface area contributed by atoms with E-state index < -0.39 is 11.6 Å². The number of rotatable bonds is 7. The van der Waals surface area contributed by atoms with Crippen LogP contribution in [0.15, 0.2) is 59.7 Å². The maximum absolute atomic E-state index is 14.4. The van der Waals surface area contributed by atoms with Gasteiger partial charge in [-0.2, -0.15) is 0 Å². The van der Waals surface area contributed by atoms with Gasteiger partial charge in [0, 0.05) is 73.6 Å². The summed E-state index contributed by atoms with van der Waals surface area (Å²) in [6, 6.07) is 9.38. The second-order valence-corrected chi connectivity index (χ2v) is 8.85. The molecule has 0 aliphatic carbocycles. The lowest BCUT2D eigenvalue weighted by molar-refractivity contribution is -0.127. The molecule has 1 aliphatic rings. The molecule has 190 valence electrons. The Bertz CT molecular complexity index is 1580. The van der Waals surface area contributed by atoms with Gasteiger partial charge in [-0.05, 0) is 42.8 Å². The summed E-state index contributed by atoms with van der Waals surface area (Å²) in [6.07, 6.45) is 4.59. The maximum atomic E-state index is 14.4. The number of carbonyl (C=O) groups is 2. The predicted octanol–water partition coefficient (Wildman–Crippen LogP) is 3.96. The van der Waals surface area contributed by atoms with Crippen LogP contribution in [-0.4, -0.2) is 45.9 Å². The number of fused-ring (bicyclic) bond motifs is 1. The van der Waals surface area contributed by atoms with Crippen molar-refractivity contribution in [2.24, 2.45) is 7.05 Å². The third-order valence-electron chi connectivity index (χ3n) is 6.38. The highest BCUT2D eigenvalue weighted by molar-refractivity contribution is 6.00. The van der Waals surface area contributed by atoms with Crippen LogP contribution in [0.5, 0.6) is 11.5 Å². The predicted molar refractivity (Wildman–Crippen MR) is 134 cm³/mol. The molecule has 0 radical (unpaired) electrons. The molecule has 10 heteroatoms. The Morgan fingerprint density at radius 1 is 1.08 bits per heavy atom. The van der Waals surface area contributed by atoms with Gasteiger partial charge in [0.25, 0.3) is 11.5 Å². The van der Waals surface area contributed by atoms with Crippen LogP contribution in [0.25, 0.3) is 22.0 Å². The molecule has 0 unspecified atom stereocenters. The fourth-order valence-corrected chi connectivity index (χ4v) is 4.48. The van der Waals surface area contributed by atoms with Gasteiger partial charge >= 0.3 is 0 Å². The molecule has 0 atom stereocenters. The number of hydrogen-bond donors (Lipinski definition) is 2. The molecule has 0 spiro atoms. The van der Waals surface area contributed by atoms with Crippen molar-refractivity contribution >= 4 is 22.7 Å². The van der Waals surface area contributed by atoms with Crippen molar-refractivity contribution in [2.75, 3.05) is 19.6 Å². The van der Waals surface area contributed by atoms with E-state index in [0.29, 0.717) is 53.6 Å². The minimum Gasteiger partial charge on any atom is -0.454 e. The van der Waals surface area contributed by atoms with Crippen molar-refractivity contribution in [1.82, 2.24) is 19.8 Å². The van der Waals surface area contributed by atoms with Gasteiger partial charge in [-0.1, -0.05) is 0 Å². The topological polar surface area (TPSA) is 96.4 Å². The van der Waals surface area contributed by atoms with Crippen LogP contribution in [0.2, 0.25) is 0 Å². The number of halogens is 2. The maximum Gasteiger partial charge on any atom is 0.274 e. The number of aromatic amines is 1. The van der Waals surface area contributed by atoms with E-state index in [-0.39, 0.29) is 28.9 Å². The molecule has 1 aliphatic heterocycles. The lowest BCUT2D eigenvalue weighted by Gasteiger charge is -2.17. The lowest BCUT2D eigenvalue weighted by atomic mass is 10.00. The van der Waals surface area contributed by atoms with Crippen molar-refractivity contribution in [3.63, 3.8) is 0 Å². The summed E-state index contributed by atoms with van der Waals surface area (Å²) in [5, 5.41) is 3.42. The zero-order valence-electron chi connectivity index (χ0n) is 20.0. The van der Waals surface area contributed by atoms with Gasteiger partial charge in [-0.25, -0.2) is 8.78 Å². The number of likely N-dealkylation sites (tertiary alicyclic amines) is 1. The number of nitrogens with zero attached hydrogens (tertiary/aromatic N) is 2. The lowest BCUT2D eigenvalue weighted by Crippen LogP contribution is -2.35. The first-order valence-corrected chi connectivity index (χ1v) is 11.8. The summed E-state index contributed by atoms with van der Waals surface area (Å²) < 4.78 is 35.0. The highest BCUT2D eigenvalue weighted by Crippen LogP contribution is 2.38. The van der Waals surface area contributed by atoms with E-state index in [0.717, 1.165) is 18.6 Å². The van der Waals surface area contributed by atoms with E-state index in [9.17, 15) is 23.2 Å². The largest absolute Gasteiger partial charge is 0.454 e. The van der Waals surface area contributed by atoms with Crippen LogP contribution in [0, 0.1) is 11.6 Å². The van der Waals surface area contributed by atoms with Crippen LogP contribution in [0.3, 0.4) is 0 Å². The van der Waals surface area contributed by atoms with E-state index >= 15 is 0 Å². The molecule has 8 nitrogen and oxygen atoms in total. The summed E-state index contributed by atoms with van der Waals surface area (Å²) >= 11 is 0. The molecule has 2 aromatic carbocycles. The van der Waals surface area contributed by atoms with Gasteiger partial charge in [-0.15, -0.1) is 0 Å². The van der Waals surface area contributed by atoms with E-state index in [1.807, 2.05) is 0 Å². The number of pyridine rings is 1. The Kier molecular flexibility index (Phi) is 6.47. The number of nitrogens with one attached hydrogen (secondary N) is 2. The first-order chi connectivity index (χ1) is 17.8. The van der Waals surface area contributed by atoms with Crippen LogP contribution in [0.4, 0.5) is 8.78 Å². The molecule has 1 saturated heterocycles. The monoisotopic (exact) mass is 506 g/mol. The summed E-state index contributed by atoms with van der Waals surface area (Å²) in [5.41, 5.74) is 1.46. The Hall–Kier alpha value is -4.47. The van der Waals surface area contributed by atoms with Gasteiger partial charge in [0.15, 0.2) is 11.6 Å². The molecule has 2 amide bonds. The molecule has 2 aromatic heterocycles. The standard InChI is InChI=1S/C27H24F2N4O4/c1-32-15-20(18-8-9-30-25(18)27(32)36)19-13-16(26(35)31-10-12-33-11-2-3-24(33)34)4-6-22(19)37-23-7-5-17(28)14-21(23)29/h4-9,13-15,30H,2-3,10-12H2,1H3,(H,31,35). The zero-order chi connectivity index (χ0) is 26.1. The number of benzene rings is 2. The minimum atomic E-state index is -0.878. The Morgan fingerprint density at radius 2 is 1.89 bits per heavy atom. The molecule has 0 bridgehead atoms. The molecule has 3 heterocycles. The number of ether oxygens (including phenoxy) is 1. The number of aryl methyl sites for hydroxylation is 1. The highest BCUT2D eigenvalue weighted by atomic mass is 19.1. The first-order valence-electron chi connectivity index (χ1n) is 11.8. The summed E-state index contributed by atoms with van der Waals surface area (Å²) in [4.78, 5) is 42.0. The van der Waals surface area contributed by atoms with Crippen LogP contribution < -0.4 is 15.6 Å². The molecule has 37 heavy (non-hydrogen) atoms. The Balaban J connectivity index is 1.52. The number of H-pyrrole nitrogens is 1. The van der Waals surface area contributed by atoms with Crippen molar-refractivity contribution < 1.29 is 23.1 Å². The van der Waals surface area contributed by atoms with Crippen LogP contribution in [0.1, 0.15) is 23.2 Å². The van der Waals surface area contributed by atoms with Gasteiger partial charge in [0.2, 0.25) is 5.91 Å². The quantitative estimate of drug-likeness (QED) is 0.397. The van der Waals surface area contributed by atoms with Crippen molar-refractivity contribution in [1.29, 1.82) is 0 Å². The molecular weight excluding hydrogens is 482 g/mol. The smallest absolute Gasteiger partial charge is 0.274 e. The van der Waals surface area contributed by atoms with Crippen molar-refractivity contribution in [3.8, 4) is 22.6 Å². The average molecular weight is 507 g/mol. The summed E-state index contributed by atoms with van der Waals surface area (Å²) in [6.45, 7) is 1.40. The van der Waals surface area contributed by atoms with Crippen LogP contribution >= 0.6 is 0 Å². The SMILES string of the molecule is Cn1cc(-c2cc(C(=O)NCCN3CCCC3=O)ccc2Oc2ccc(F)cc2F)c2cc[nH]c2c1=O. The van der Waals surface area contributed by atoms with Crippen LogP contribution in [-0.2, 0) is 11.8 Å². The normalized spacial score (nSPS) is 13.4. The zero-order valence-corrected chi connectivity index (χ0v) is 20.0. The van der Waals surface area contributed by atoms with E-state index in [1.54, 1.807) is 36.5 Å². The number of carbonyl (C=O) groups excluding carboxylic acids is 2. The third-order valence-corrected chi connectivity index (χ3v) is 6.38. The minimum absolute atomic E-state index is 0.0799. The van der Waals surface area contributed by atoms with Crippen molar-refractivity contribution in [3.05, 3.63) is 82.4 Å². The second kappa shape index (κ2) is 9.88. The second-order valence-electron chi connectivity index (χ2n) is 8.85. The van der Waals surface area contributed by atoms with E-state index in [2.05, 4.69) is 10.3 Å². The Labute approximate surface area is 210 Å². The first kappa shape index (κ1) is 24.2. The molecule has 5 rings (SSSR count). The van der Waals surface area contributed by atoms with Crippen molar-refractivity contribution in [2.45, 2.75) is 12.8 Å². The highest BCUT2D eigenvalue weighted by Gasteiger charge is 2.21. The summed E-state index contributed by atoms with van der Waals surface area (Å²) in [5.74, 6) is -1.87. The number of hydrogen-bond acceptors (Lipinski definition) is 4. The van der Waals surface area contributed by atoms with Gasteiger partial charge in [-0.3, -0.25) is 14.4 Å². The molecule has 4 aromatic rings. The average Bonchev–Trinajstić information content (AvgIpc) is 3.53. The molecule has 0 saturated carbocycles. The van der Waals surface area contributed by atoms with Gasteiger partial charge < -0.3 is 24.5 Å². The number of amides is 2. The fraction of sp³-hybridized carbons (Fsp3) is 0.222. The molecule has 2 N–H and O–H groups in total. The van der Waals surface area contributed by atoms with E-state index in [1.165, 1.54) is 22.8 Å². The summed E-state index contributed by atoms with van der Waals surface area (Å²) in [7, 11) is 1.60. The molecular formula is C27H24F2N4O4.